The Bertz CT molecular complexity index is 535. The molecule has 1 unspecified atom stereocenters. The summed E-state index contributed by atoms with van der Waals surface area (Å²) in [7, 11) is 0. The van der Waals surface area contributed by atoms with Gasteiger partial charge in [-0.1, -0.05) is 11.6 Å². The highest BCUT2D eigenvalue weighted by Gasteiger charge is 2.22. The fraction of sp³-hybridized carbons (Fsp3) is 0.385. The number of rotatable bonds is 2. The third kappa shape index (κ3) is 3.40. The number of aliphatic hydroxyl groups is 1. The molecule has 3 N–H and O–H groups in total. The number of nitrogens with zero attached hydrogens (tertiary/aromatic N) is 1. The summed E-state index contributed by atoms with van der Waals surface area (Å²) in [5.41, 5.74) is 0.292. The Hall–Kier alpha value is -1.79. The molecule has 0 aliphatic carbocycles. The largest absolute Gasteiger partial charge is 0.478 e. The number of aliphatic hydroxyl groups excluding tert-OH is 1. The molecule has 0 spiro atoms. The maximum atomic E-state index is 12.0. The van der Waals surface area contributed by atoms with Crippen molar-refractivity contribution in [2.24, 2.45) is 0 Å². The lowest BCUT2D eigenvalue weighted by Crippen LogP contribution is -2.44. The van der Waals surface area contributed by atoms with Crippen molar-refractivity contribution in [3.63, 3.8) is 0 Å². The van der Waals surface area contributed by atoms with Crippen LogP contribution in [0.15, 0.2) is 18.2 Å². The van der Waals surface area contributed by atoms with Gasteiger partial charge in [0.05, 0.1) is 22.4 Å². The van der Waals surface area contributed by atoms with Gasteiger partial charge in [-0.05, 0) is 31.0 Å². The molecule has 0 radical (unpaired) electrons. The zero-order valence-corrected chi connectivity index (χ0v) is 11.4. The number of hydrogen-bond acceptors (Lipinski definition) is 3. The van der Waals surface area contributed by atoms with E-state index in [4.69, 9.17) is 16.7 Å². The Morgan fingerprint density at radius 1 is 1.40 bits per heavy atom. The first-order valence-electron chi connectivity index (χ1n) is 6.24. The zero-order chi connectivity index (χ0) is 14.7. The van der Waals surface area contributed by atoms with Crippen LogP contribution >= 0.6 is 11.6 Å². The lowest BCUT2D eigenvalue weighted by molar-refractivity contribution is 0.0697. The van der Waals surface area contributed by atoms with Gasteiger partial charge in [0.2, 0.25) is 0 Å². The Balaban J connectivity index is 2.10. The smallest absolute Gasteiger partial charge is 0.335 e. The van der Waals surface area contributed by atoms with E-state index in [2.05, 4.69) is 5.32 Å². The molecule has 2 rings (SSSR count). The molecule has 1 fully saturated rings. The molecular weight excluding hydrogens is 284 g/mol. The molecule has 1 saturated heterocycles. The number of piperidine rings is 1. The van der Waals surface area contributed by atoms with Crippen LogP contribution in [0.25, 0.3) is 0 Å². The van der Waals surface area contributed by atoms with Gasteiger partial charge >= 0.3 is 12.0 Å². The van der Waals surface area contributed by atoms with Gasteiger partial charge in [0.15, 0.2) is 0 Å². The van der Waals surface area contributed by atoms with Crippen molar-refractivity contribution in [2.75, 3.05) is 18.4 Å². The van der Waals surface area contributed by atoms with Gasteiger partial charge in [0.1, 0.15) is 0 Å². The van der Waals surface area contributed by atoms with Gasteiger partial charge < -0.3 is 20.4 Å². The van der Waals surface area contributed by atoms with Crippen molar-refractivity contribution in [3.8, 4) is 0 Å². The number of hydrogen-bond donors (Lipinski definition) is 3. The number of anilines is 1. The van der Waals surface area contributed by atoms with Crippen LogP contribution in [0.5, 0.6) is 0 Å². The van der Waals surface area contributed by atoms with Crippen LogP contribution in [0.2, 0.25) is 5.02 Å². The minimum atomic E-state index is -1.09. The Morgan fingerprint density at radius 3 is 2.80 bits per heavy atom. The number of nitrogens with one attached hydrogen (secondary N) is 1. The first kappa shape index (κ1) is 14.6. The van der Waals surface area contributed by atoms with E-state index in [9.17, 15) is 14.7 Å². The first-order valence-corrected chi connectivity index (χ1v) is 6.62. The van der Waals surface area contributed by atoms with Crippen molar-refractivity contribution in [1.82, 2.24) is 4.90 Å². The van der Waals surface area contributed by atoms with Crippen LogP contribution in [0.1, 0.15) is 23.2 Å². The number of β-amino-alcohol motifs (C(OH)–C–C–N with tert-alkyl or cyclic N) is 1. The van der Waals surface area contributed by atoms with E-state index in [0.717, 1.165) is 6.42 Å². The zero-order valence-electron chi connectivity index (χ0n) is 10.7. The summed E-state index contributed by atoms with van der Waals surface area (Å²) in [6.45, 7) is 0.821. The predicted octanol–water partition coefficient (Wildman–Crippen LogP) is 2.03. The van der Waals surface area contributed by atoms with Crippen molar-refractivity contribution in [1.29, 1.82) is 0 Å². The molecule has 1 heterocycles. The number of carboxylic acid groups (broad SMARTS) is 1. The van der Waals surface area contributed by atoms with Crippen LogP contribution in [-0.2, 0) is 0 Å². The molecule has 1 aliphatic heterocycles. The van der Waals surface area contributed by atoms with E-state index in [1.165, 1.54) is 23.1 Å². The summed E-state index contributed by atoms with van der Waals surface area (Å²) < 4.78 is 0. The van der Waals surface area contributed by atoms with Crippen molar-refractivity contribution in [3.05, 3.63) is 28.8 Å². The van der Waals surface area contributed by atoms with E-state index in [0.29, 0.717) is 13.0 Å². The Morgan fingerprint density at radius 2 is 2.15 bits per heavy atom. The number of amides is 2. The maximum Gasteiger partial charge on any atom is 0.335 e. The first-order chi connectivity index (χ1) is 9.47. The summed E-state index contributed by atoms with van der Waals surface area (Å²) in [5.74, 6) is -1.09. The monoisotopic (exact) mass is 298 g/mol. The molecule has 0 aromatic heterocycles. The molecule has 0 bridgehead atoms. The molecule has 1 aromatic carbocycles. The number of carboxylic acids is 1. The van der Waals surface area contributed by atoms with Crippen LogP contribution in [-0.4, -0.2) is 46.3 Å². The van der Waals surface area contributed by atoms with Crippen LogP contribution in [0.4, 0.5) is 10.5 Å². The third-order valence-electron chi connectivity index (χ3n) is 3.14. The molecule has 2 amide bonds. The van der Waals surface area contributed by atoms with E-state index in [-0.39, 0.29) is 22.8 Å². The average molecular weight is 299 g/mol. The molecule has 6 nitrogen and oxygen atoms in total. The van der Waals surface area contributed by atoms with Crippen LogP contribution in [0.3, 0.4) is 0 Å². The minimum absolute atomic E-state index is 0.0448. The fourth-order valence-corrected chi connectivity index (χ4v) is 2.25. The minimum Gasteiger partial charge on any atom is -0.478 e. The second-order valence-corrected chi connectivity index (χ2v) is 5.08. The molecule has 1 aromatic rings. The molecule has 1 aliphatic rings. The lowest BCUT2D eigenvalue weighted by Gasteiger charge is -2.30. The van der Waals surface area contributed by atoms with Gasteiger partial charge in [0, 0.05) is 13.1 Å². The van der Waals surface area contributed by atoms with E-state index >= 15 is 0 Å². The number of urea groups is 1. The van der Waals surface area contributed by atoms with Gasteiger partial charge in [-0.3, -0.25) is 0 Å². The lowest BCUT2D eigenvalue weighted by atomic mass is 10.1. The highest BCUT2D eigenvalue weighted by Crippen LogP contribution is 2.24. The summed E-state index contributed by atoms with van der Waals surface area (Å²) in [6, 6.07) is 3.70. The van der Waals surface area contributed by atoms with Crippen molar-refractivity contribution >= 4 is 29.3 Å². The van der Waals surface area contributed by atoms with Crippen LogP contribution in [0, 0.1) is 0 Å². The number of carbonyl (C=O) groups is 2. The fourth-order valence-electron chi connectivity index (χ4n) is 2.09. The topological polar surface area (TPSA) is 89.9 Å². The highest BCUT2D eigenvalue weighted by atomic mass is 35.5. The van der Waals surface area contributed by atoms with E-state index < -0.39 is 18.1 Å². The standard InChI is InChI=1S/C13H15ClN2O4/c14-10-4-3-8(12(18)19)6-11(10)15-13(20)16-5-1-2-9(17)7-16/h3-4,6,9,17H,1-2,5,7H2,(H,15,20)(H,18,19). The second kappa shape index (κ2) is 6.11. The number of aromatic carboxylic acids is 1. The van der Waals surface area contributed by atoms with E-state index in [1.54, 1.807) is 0 Å². The van der Waals surface area contributed by atoms with Crippen LogP contribution < -0.4 is 5.32 Å². The van der Waals surface area contributed by atoms with Gasteiger partial charge in [-0.15, -0.1) is 0 Å². The SMILES string of the molecule is O=C(O)c1ccc(Cl)c(NC(=O)N2CCCC(O)C2)c1. The normalized spacial score (nSPS) is 18.7. The molecule has 108 valence electrons. The summed E-state index contributed by atoms with van der Waals surface area (Å²) in [6.07, 6.45) is 0.895. The molecule has 0 saturated carbocycles. The summed E-state index contributed by atoms with van der Waals surface area (Å²) in [4.78, 5) is 24.4. The summed E-state index contributed by atoms with van der Waals surface area (Å²) >= 11 is 5.94. The summed E-state index contributed by atoms with van der Waals surface area (Å²) in [5, 5.41) is 21.3. The second-order valence-electron chi connectivity index (χ2n) is 4.67. The number of benzene rings is 1. The number of likely N-dealkylation sites (tertiary alicyclic amines) is 1. The Kier molecular flexibility index (Phi) is 4.46. The molecule has 1 atom stereocenters. The Labute approximate surface area is 121 Å². The molecule has 20 heavy (non-hydrogen) atoms. The van der Waals surface area contributed by atoms with Crippen molar-refractivity contribution < 1.29 is 19.8 Å². The number of carbonyl (C=O) groups excluding carboxylic acids is 1. The molecule has 7 heteroatoms. The predicted molar refractivity (Wildman–Crippen MR) is 74.2 cm³/mol. The van der Waals surface area contributed by atoms with Gasteiger partial charge in [-0.25, -0.2) is 9.59 Å². The number of halogens is 1. The average Bonchev–Trinajstić information content (AvgIpc) is 2.41. The third-order valence-corrected chi connectivity index (χ3v) is 3.47. The van der Waals surface area contributed by atoms with Crippen molar-refractivity contribution in [2.45, 2.75) is 18.9 Å². The maximum absolute atomic E-state index is 12.0. The van der Waals surface area contributed by atoms with Gasteiger partial charge in [-0.2, -0.15) is 0 Å². The highest BCUT2D eigenvalue weighted by molar-refractivity contribution is 6.33. The van der Waals surface area contributed by atoms with E-state index in [1.807, 2.05) is 0 Å². The molecular formula is C13H15ClN2O4. The van der Waals surface area contributed by atoms with Gasteiger partial charge in [0.25, 0.3) is 0 Å². The quantitative estimate of drug-likeness (QED) is 0.779.